The Kier molecular flexibility index (Phi) is 6.68. The first kappa shape index (κ1) is 26.6. The summed E-state index contributed by atoms with van der Waals surface area (Å²) in [6.07, 6.45) is 2.64. The Morgan fingerprint density at radius 2 is 1.85 bits per heavy atom. The number of para-hydroxylation sites is 1. The fraction of sp³-hybridized carbons (Fsp3) is 0.419. The molecule has 210 valence electrons. The number of anilines is 4. The van der Waals surface area contributed by atoms with E-state index in [0.29, 0.717) is 11.6 Å². The van der Waals surface area contributed by atoms with Gasteiger partial charge in [0.15, 0.2) is 5.79 Å². The first-order valence-electron chi connectivity index (χ1n) is 13.9. The minimum atomic E-state index is -0.572. The Bertz CT molecular complexity index is 1560. The summed E-state index contributed by atoms with van der Waals surface area (Å²) in [5.74, 6) is -0.0365. The van der Waals surface area contributed by atoms with E-state index in [4.69, 9.17) is 20.2 Å². The molecule has 2 aliphatic heterocycles. The first-order valence-corrected chi connectivity index (χ1v) is 13.9. The number of ether oxygens (including phenoxy) is 2. The number of aryl methyl sites for hydroxylation is 1. The van der Waals surface area contributed by atoms with E-state index in [9.17, 15) is 0 Å². The van der Waals surface area contributed by atoms with Crippen LogP contribution in [0.3, 0.4) is 0 Å². The zero-order valence-corrected chi connectivity index (χ0v) is 24.2. The Morgan fingerprint density at radius 3 is 2.65 bits per heavy atom. The molecule has 2 atom stereocenters. The fourth-order valence-corrected chi connectivity index (χ4v) is 5.99. The van der Waals surface area contributed by atoms with Crippen molar-refractivity contribution in [1.29, 1.82) is 0 Å². The summed E-state index contributed by atoms with van der Waals surface area (Å²) >= 11 is 0. The number of fused-ring (bicyclic) bond motifs is 4. The van der Waals surface area contributed by atoms with Crippen LogP contribution in [0.5, 0.6) is 0 Å². The van der Waals surface area contributed by atoms with Crippen molar-refractivity contribution in [3.05, 3.63) is 59.9 Å². The van der Waals surface area contributed by atoms with E-state index in [0.717, 1.165) is 54.3 Å². The second kappa shape index (κ2) is 10.1. The van der Waals surface area contributed by atoms with E-state index in [1.807, 2.05) is 32.2 Å². The predicted octanol–water partition coefficient (Wildman–Crippen LogP) is 4.81. The summed E-state index contributed by atoms with van der Waals surface area (Å²) in [6, 6.07) is 14.6. The Balaban J connectivity index is 1.32. The van der Waals surface area contributed by atoms with Crippen LogP contribution in [0.2, 0.25) is 0 Å². The van der Waals surface area contributed by atoms with Crippen molar-refractivity contribution in [2.24, 2.45) is 0 Å². The van der Waals surface area contributed by atoms with Gasteiger partial charge in [-0.2, -0.15) is 0 Å². The lowest BCUT2D eigenvalue weighted by molar-refractivity contribution is -0.145. The highest BCUT2D eigenvalue weighted by atomic mass is 16.8. The molecule has 3 N–H and O–H groups in total. The molecule has 0 amide bonds. The van der Waals surface area contributed by atoms with E-state index in [2.05, 4.69) is 83.1 Å². The molecule has 2 aliphatic rings. The van der Waals surface area contributed by atoms with Gasteiger partial charge in [-0.25, -0.2) is 9.97 Å². The maximum Gasteiger partial charge on any atom is 0.227 e. The van der Waals surface area contributed by atoms with Gasteiger partial charge in [-0.3, -0.25) is 0 Å². The van der Waals surface area contributed by atoms with Crippen molar-refractivity contribution in [3.8, 4) is 11.3 Å². The number of nitrogen functional groups attached to an aromatic ring is 1. The maximum atomic E-state index is 6.50. The van der Waals surface area contributed by atoms with Crippen LogP contribution < -0.4 is 16.0 Å². The molecule has 2 aromatic carbocycles. The number of nitrogens with one attached hydrogen (secondary N) is 1. The number of rotatable bonds is 7. The van der Waals surface area contributed by atoms with Crippen LogP contribution in [0, 0.1) is 6.92 Å². The van der Waals surface area contributed by atoms with Crippen LogP contribution in [0.25, 0.3) is 22.2 Å². The third-order valence-corrected chi connectivity index (χ3v) is 7.95. The maximum absolute atomic E-state index is 6.50. The van der Waals surface area contributed by atoms with Gasteiger partial charge in [0.05, 0.1) is 29.7 Å². The number of likely N-dealkylation sites (N-methyl/N-ethyl adjacent to an activating group) is 2. The molecule has 0 saturated carbocycles. The van der Waals surface area contributed by atoms with E-state index in [1.165, 1.54) is 16.6 Å². The average molecular weight is 542 g/mol. The predicted molar refractivity (Wildman–Crippen MR) is 161 cm³/mol. The number of nitrogens with two attached hydrogens (primary N) is 1. The second-order valence-corrected chi connectivity index (χ2v) is 11.7. The highest BCUT2D eigenvalue weighted by Gasteiger charge is 2.45. The molecule has 9 heteroatoms. The van der Waals surface area contributed by atoms with Gasteiger partial charge in [0.25, 0.3) is 0 Å². The number of hydrogen-bond donors (Lipinski definition) is 2. The third kappa shape index (κ3) is 4.89. The van der Waals surface area contributed by atoms with E-state index >= 15 is 0 Å². The van der Waals surface area contributed by atoms with Crippen LogP contribution in [0.4, 0.5) is 23.0 Å². The summed E-state index contributed by atoms with van der Waals surface area (Å²) < 4.78 is 14.9. The SMILES string of the molecule is Cc1cc(N(C)CCN(C)C)c(N)cc1Nc1nccc(-c2c3n(c4ccccc24)CC2OC(C)(C)OC2C3)n1. The second-order valence-electron chi connectivity index (χ2n) is 11.7. The smallest absolute Gasteiger partial charge is 0.227 e. The first-order chi connectivity index (χ1) is 19.1. The van der Waals surface area contributed by atoms with Crippen LogP contribution in [0.15, 0.2) is 48.7 Å². The van der Waals surface area contributed by atoms with Crippen molar-refractivity contribution < 1.29 is 9.47 Å². The summed E-state index contributed by atoms with van der Waals surface area (Å²) in [5.41, 5.74) is 14.6. The normalized spacial score (nSPS) is 19.6. The molecule has 2 aromatic heterocycles. The zero-order chi connectivity index (χ0) is 28.2. The minimum Gasteiger partial charge on any atom is -0.397 e. The summed E-state index contributed by atoms with van der Waals surface area (Å²) in [7, 11) is 6.22. The lowest BCUT2D eigenvalue weighted by atomic mass is 9.99. The molecule has 1 saturated heterocycles. The Labute approximate surface area is 235 Å². The summed E-state index contributed by atoms with van der Waals surface area (Å²) in [6.45, 7) is 8.66. The molecule has 6 rings (SSSR count). The molecular formula is C31H39N7O2. The fourth-order valence-electron chi connectivity index (χ4n) is 5.99. The molecular weight excluding hydrogens is 502 g/mol. The average Bonchev–Trinajstić information content (AvgIpc) is 3.39. The summed E-state index contributed by atoms with van der Waals surface area (Å²) in [5, 5.41) is 4.60. The van der Waals surface area contributed by atoms with E-state index in [-0.39, 0.29) is 12.2 Å². The van der Waals surface area contributed by atoms with Crippen LogP contribution in [-0.2, 0) is 22.4 Å². The third-order valence-electron chi connectivity index (χ3n) is 7.95. The summed E-state index contributed by atoms with van der Waals surface area (Å²) in [4.78, 5) is 13.9. The molecule has 2 unspecified atom stereocenters. The van der Waals surface area contributed by atoms with Gasteiger partial charge in [-0.15, -0.1) is 0 Å². The zero-order valence-electron chi connectivity index (χ0n) is 24.2. The highest BCUT2D eigenvalue weighted by Crippen LogP contribution is 2.42. The van der Waals surface area contributed by atoms with Crippen molar-refractivity contribution in [2.75, 3.05) is 50.2 Å². The molecule has 0 aliphatic carbocycles. The molecule has 1 fully saturated rings. The van der Waals surface area contributed by atoms with Gasteiger partial charge in [-0.1, -0.05) is 18.2 Å². The molecule has 4 heterocycles. The number of hydrogen-bond acceptors (Lipinski definition) is 8. The molecule has 0 spiro atoms. The monoisotopic (exact) mass is 541 g/mol. The quantitative estimate of drug-likeness (QED) is 0.322. The van der Waals surface area contributed by atoms with Crippen LogP contribution in [0.1, 0.15) is 25.1 Å². The van der Waals surface area contributed by atoms with Crippen molar-refractivity contribution in [1.82, 2.24) is 19.4 Å². The van der Waals surface area contributed by atoms with E-state index in [1.54, 1.807) is 0 Å². The number of aromatic nitrogens is 3. The molecule has 9 nitrogen and oxygen atoms in total. The standard InChI is InChI=1S/C31H39N7O2/c1-19-15-25(37(6)14-13-36(4)5)21(32)16-23(19)35-30-33-12-11-22(34-30)29-20-9-7-8-10-24(20)38-18-28-27(17-26(29)38)39-31(2,3)40-28/h7-12,15-16,27-28H,13-14,17-18,32H2,1-6H3,(H,33,34,35). The molecule has 0 radical (unpaired) electrons. The lowest BCUT2D eigenvalue weighted by Gasteiger charge is -2.26. The van der Waals surface area contributed by atoms with Gasteiger partial charge in [0, 0.05) is 60.6 Å². The highest BCUT2D eigenvalue weighted by molar-refractivity contribution is 5.97. The number of benzene rings is 2. The van der Waals surface area contributed by atoms with Crippen LogP contribution >= 0.6 is 0 Å². The van der Waals surface area contributed by atoms with Gasteiger partial charge in [-0.05, 0) is 64.7 Å². The van der Waals surface area contributed by atoms with Gasteiger partial charge >= 0.3 is 0 Å². The van der Waals surface area contributed by atoms with Gasteiger partial charge in [0.2, 0.25) is 5.95 Å². The topological polar surface area (TPSA) is 93.7 Å². The molecule has 4 aromatic rings. The van der Waals surface area contributed by atoms with Crippen molar-refractivity contribution in [3.63, 3.8) is 0 Å². The lowest BCUT2D eigenvalue weighted by Crippen LogP contribution is -2.35. The van der Waals surface area contributed by atoms with Crippen molar-refractivity contribution >= 4 is 33.9 Å². The largest absolute Gasteiger partial charge is 0.397 e. The Hall–Kier alpha value is -3.66. The van der Waals surface area contributed by atoms with Gasteiger partial charge in [0.1, 0.15) is 6.10 Å². The Morgan fingerprint density at radius 1 is 1.07 bits per heavy atom. The van der Waals surface area contributed by atoms with Gasteiger partial charge < -0.3 is 34.9 Å². The van der Waals surface area contributed by atoms with Crippen molar-refractivity contribution in [2.45, 2.75) is 51.7 Å². The minimum absolute atomic E-state index is 0.0185. The van der Waals surface area contributed by atoms with Crippen LogP contribution in [-0.4, -0.2) is 71.7 Å². The van der Waals surface area contributed by atoms with E-state index < -0.39 is 5.79 Å². The molecule has 0 bridgehead atoms. The molecule has 40 heavy (non-hydrogen) atoms. The number of nitrogens with zero attached hydrogens (tertiary/aromatic N) is 5.